The summed E-state index contributed by atoms with van der Waals surface area (Å²) in [7, 11) is -1.61. The van der Waals surface area contributed by atoms with Gasteiger partial charge in [-0.15, -0.1) is 0 Å². The second-order valence-corrected chi connectivity index (χ2v) is 5.57. The quantitative estimate of drug-likeness (QED) is 0.634. The molecule has 6 nitrogen and oxygen atoms in total. The molecule has 7 heteroatoms. The average Bonchev–Trinajstić information content (AvgIpc) is 2.15. The molecule has 0 spiro atoms. The highest BCUT2D eigenvalue weighted by Crippen LogP contribution is 2.25. The van der Waals surface area contributed by atoms with Gasteiger partial charge in [0.1, 0.15) is 5.69 Å². The standard InChI is InChI=1S/C9H12N2O4S/c1-10-8-4-3-7(6-16(2,14)15)5-9(8)11(12)13/h3-5,10H,6H2,1-2H3. The van der Waals surface area contributed by atoms with Crippen molar-refractivity contribution in [3.63, 3.8) is 0 Å². The molecule has 0 aromatic heterocycles. The predicted molar refractivity (Wildman–Crippen MR) is 61.2 cm³/mol. The van der Waals surface area contributed by atoms with Gasteiger partial charge in [0, 0.05) is 19.4 Å². The monoisotopic (exact) mass is 244 g/mol. The lowest BCUT2D eigenvalue weighted by molar-refractivity contribution is -0.384. The van der Waals surface area contributed by atoms with Gasteiger partial charge in [-0.25, -0.2) is 8.42 Å². The minimum atomic E-state index is -3.18. The molecule has 0 aliphatic heterocycles. The molecule has 1 aromatic carbocycles. The molecule has 0 bridgehead atoms. The van der Waals surface area contributed by atoms with Crippen molar-refractivity contribution in [3.05, 3.63) is 33.9 Å². The molecule has 16 heavy (non-hydrogen) atoms. The molecule has 0 amide bonds. The Morgan fingerprint density at radius 3 is 2.50 bits per heavy atom. The van der Waals surface area contributed by atoms with Crippen LogP contribution < -0.4 is 5.32 Å². The van der Waals surface area contributed by atoms with E-state index in [1.165, 1.54) is 12.1 Å². The Hall–Kier alpha value is -1.63. The minimum Gasteiger partial charge on any atom is -0.383 e. The van der Waals surface area contributed by atoms with Crippen LogP contribution in [0.1, 0.15) is 5.56 Å². The Kier molecular flexibility index (Phi) is 3.48. The van der Waals surface area contributed by atoms with E-state index in [1.54, 1.807) is 13.1 Å². The van der Waals surface area contributed by atoms with Crippen molar-refractivity contribution in [2.24, 2.45) is 0 Å². The molecular formula is C9H12N2O4S. The molecule has 0 aliphatic carbocycles. The molecule has 1 aromatic rings. The second kappa shape index (κ2) is 4.48. The van der Waals surface area contributed by atoms with Gasteiger partial charge in [-0.3, -0.25) is 10.1 Å². The van der Waals surface area contributed by atoms with Crippen LogP contribution in [0.15, 0.2) is 18.2 Å². The molecule has 0 saturated heterocycles. The van der Waals surface area contributed by atoms with Gasteiger partial charge in [0.2, 0.25) is 0 Å². The lowest BCUT2D eigenvalue weighted by Gasteiger charge is -2.04. The molecule has 0 unspecified atom stereocenters. The van der Waals surface area contributed by atoms with E-state index in [4.69, 9.17) is 0 Å². The first-order valence-electron chi connectivity index (χ1n) is 4.46. The third kappa shape index (κ3) is 3.20. The SMILES string of the molecule is CNc1ccc(CS(C)(=O)=O)cc1[N+](=O)[O-]. The predicted octanol–water partition coefficient (Wildman–Crippen LogP) is 1.18. The Morgan fingerprint density at radius 1 is 1.44 bits per heavy atom. The number of nitrogens with one attached hydrogen (secondary N) is 1. The summed E-state index contributed by atoms with van der Waals surface area (Å²) in [6.07, 6.45) is 1.09. The normalized spacial score (nSPS) is 11.1. The van der Waals surface area contributed by atoms with E-state index in [0.717, 1.165) is 6.26 Å². The van der Waals surface area contributed by atoms with Crippen molar-refractivity contribution in [2.45, 2.75) is 5.75 Å². The van der Waals surface area contributed by atoms with Crippen LogP contribution in [0.4, 0.5) is 11.4 Å². The number of hydrogen-bond acceptors (Lipinski definition) is 5. The number of nitro groups is 1. The Bertz CT molecular complexity index is 510. The van der Waals surface area contributed by atoms with Gasteiger partial charge in [-0.2, -0.15) is 0 Å². The van der Waals surface area contributed by atoms with Crippen molar-refractivity contribution in [1.29, 1.82) is 0 Å². The lowest BCUT2D eigenvalue weighted by atomic mass is 10.2. The number of rotatable bonds is 4. The van der Waals surface area contributed by atoms with E-state index in [1.807, 2.05) is 0 Å². The van der Waals surface area contributed by atoms with Gasteiger partial charge in [-0.05, 0) is 11.6 Å². The highest BCUT2D eigenvalue weighted by molar-refractivity contribution is 7.89. The topological polar surface area (TPSA) is 89.3 Å². The average molecular weight is 244 g/mol. The van der Waals surface area contributed by atoms with Crippen molar-refractivity contribution < 1.29 is 13.3 Å². The fourth-order valence-corrected chi connectivity index (χ4v) is 2.12. The van der Waals surface area contributed by atoms with Crippen LogP contribution in [0.25, 0.3) is 0 Å². The molecule has 0 atom stereocenters. The summed E-state index contributed by atoms with van der Waals surface area (Å²) in [5, 5.41) is 13.4. The molecule has 0 heterocycles. The Balaban J connectivity index is 3.17. The largest absolute Gasteiger partial charge is 0.383 e. The van der Waals surface area contributed by atoms with E-state index >= 15 is 0 Å². The molecule has 0 fully saturated rings. The highest BCUT2D eigenvalue weighted by Gasteiger charge is 2.15. The fraction of sp³-hybridized carbons (Fsp3) is 0.333. The van der Waals surface area contributed by atoms with Gasteiger partial charge in [-0.1, -0.05) is 6.07 Å². The smallest absolute Gasteiger partial charge is 0.292 e. The third-order valence-corrected chi connectivity index (χ3v) is 2.81. The molecule has 0 aliphatic rings. The van der Waals surface area contributed by atoms with Crippen molar-refractivity contribution in [1.82, 2.24) is 0 Å². The van der Waals surface area contributed by atoms with Crippen LogP contribution in [0.2, 0.25) is 0 Å². The van der Waals surface area contributed by atoms with Crippen LogP contribution >= 0.6 is 0 Å². The van der Waals surface area contributed by atoms with Crippen LogP contribution in [-0.2, 0) is 15.6 Å². The number of anilines is 1. The third-order valence-electron chi connectivity index (χ3n) is 1.96. The first kappa shape index (κ1) is 12.4. The fourth-order valence-electron chi connectivity index (χ4n) is 1.33. The molecule has 88 valence electrons. The number of nitro benzene ring substituents is 1. The Labute approximate surface area is 93.4 Å². The van der Waals surface area contributed by atoms with Crippen LogP contribution in [-0.4, -0.2) is 26.6 Å². The zero-order chi connectivity index (χ0) is 12.3. The summed E-state index contributed by atoms with van der Waals surface area (Å²) >= 11 is 0. The molecule has 1 N–H and O–H groups in total. The second-order valence-electron chi connectivity index (χ2n) is 3.43. The van der Waals surface area contributed by atoms with E-state index in [0.29, 0.717) is 11.3 Å². The van der Waals surface area contributed by atoms with Crippen LogP contribution in [0.5, 0.6) is 0 Å². The van der Waals surface area contributed by atoms with E-state index in [-0.39, 0.29) is 11.4 Å². The van der Waals surface area contributed by atoms with E-state index < -0.39 is 14.8 Å². The highest BCUT2D eigenvalue weighted by atomic mass is 32.2. The maximum absolute atomic E-state index is 11.1. The summed E-state index contributed by atoms with van der Waals surface area (Å²) in [6.45, 7) is 0. The van der Waals surface area contributed by atoms with Crippen LogP contribution in [0, 0.1) is 10.1 Å². The molecule has 1 rings (SSSR count). The summed E-state index contributed by atoms with van der Waals surface area (Å²) < 4.78 is 22.1. The summed E-state index contributed by atoms with van der Waals surface area (Å²) in [5.41, 5.74) is 0.652. The van der Waals surface area contributed by atoms with Crippen LogP contribution in [0.3, 0.4) is 0 Å². The summed E-state index contributed by atoms with van der Waals surface area (Å²) in [6, 6.07) is 4.32. The van der Waals surface area contributed by atoms with Gasteiger partial charge >= 0.3 is 0 Å². The Morgan fingerprint density at radius 2 is 2.06 bits per heavy atom. The van der Waals surface area contributed by atoms with E-state index in [9.17, 15) is 18.5 Å². The van der Waals surface area contributed by atoms with Gasteiger partial charge in [0.05, 0.1) is 10.7 Å². The van der Waals surface area contributed by atoms with E-state index in [2.05, 4.69) is 5.32 Å². The van der Waals surface area contributed by atoms with Gasteiger partial charge in [0.15, 0.2) is 9.84 Å². The van der Waals surface area contributed by atoms with Crippen molar-refractivity contribution in [2.75, 3.05) is 18.6 Å². The maximum Gasteiger partial charge on any atom is 0.292 e. The summed E-state index contributed by atoms with van der Waals surface area (Å²) in [5.74, 6) is -0.197. The molecule has 0 radical (unpaired) electrons. The number of nitrogens with zero attached hydrogens (tertiary/aromatic N) is 1. The first-order chi connectivity index (χ1) is 7.33. The summed E-state index contributed by atoms with van der Waals surface area (Å²) in [4.78, 5) is 10.2. The molecular weight excluding hydrogens is 232 g/mol. The number of benzene rings is 1. The van der Waals surface area contributed by atoms with Gasteiger partial charge in [0.25, 0.3) is 5.69 Å². The lowest BCUT2D eigenvalue weighted by Crippen LogP contribution is -2.03. The molecule has 0 saturated carbocycles. The first-order valence-corrected chi connectivity index (χ1v) is 6.52. The van der Waals surface area contributed by atoms with Crippen molar-refractivity contribution in [3.8, 4) is 0 Å². The zero-order valence-corrected chi connectivity index (χ0v) is 9.74. The van der Waals surface area contributed by atoms with Gasteiger partial charge < -0.3 is 5.32 Å². The number of hydrogen-bond donors (Lipinski definition) is 1. The maximum atomic E-state index is 11.1. The zero-order valence-electron chi connectivity index (χ0n) is 8.93. The number of sulfone groups is 1. The minimum absolute atomic E-state index is 0.122. The van der Waals surface area contributed by atoms with Crippen molar-refractivity contribution >= 4 is 21.2 Å².